The molecule has 0 spiro atoms. The van der Waals surface area contributed by atoms with Crippen LogP contribution < -0.4 is 0 Å². The molecule has 3 nitrogen and oxygen atoms in total. The van der Waals surface area contributed by atoms with E-state index in [4.69, 9.17) is 5.11 Å². The van der Waals surface area contributed by atoms with Gasteiger partial charge in [0.1, 0.15) is 0 Å². The maximum absolute atomic E-state index is 12.5. The van der Waals surface area contributed by atoms with Gasteiger partial charge in [-0.25, -0.2) is 0 Å². The number of fused-ring (bicyclic) bond motifs is 3. The Morgan fingerprint density at radius 1 is 0.783 bits per heavy atom. The zero-order valence-corrected chi connectivity index (χ0v) is 12.4. The van der Waals surface area contributed by atoms with E-state index in [9.17, 15) is 9.59 Å². The van der Waals surface area contributed by atoms with E-state index < -0.39 is 5.97 Å². The number of aliphatic carboxylic acids is 1. The van der Waals surface area contributed by atoms with Gasteiger partial charge < -0.3 is 5.11 Å². The number of carbonyl (C=O) groups excluding carboxylic acids is 1. The minimum absolute atomic E-state index is 0.0260. The van der Waals surface area contributed by atoms with Crippen molar-refractivity contribution in [2.75, 3.05) is 0 Å². The van der Waals surface area contributed by atoms with Crippen LogP contribution in [0.25, 0.3) is 33.0 Å². The van der Waals surface area contributed by atoms with Gasteiger partial charge in [0.15, 0.2) is 5.78 Å². The molecule has 3 aromatic carbocycles. The second-order valence-electron chi connectivity index (χ2n) is 5.75. The Hall–Kier alpha value is -2.94. The number of hydrogen-bond acceptors (Lipinski definition) is 2. The predicted molar refractivity (Wildman–Crippen MR) is 89.6 cm³/mol. The molecule has 0 amide bonds. The van der Waals surface area contributed by atoms with Crippen molar-refractivity contribution >= 4 is 22.5 Å². The van der Waals surface area contributed by atoms with Crippen LogP contribution in [0.5, 0.6) is 0 Å². The molecule has 3 heteroatoms. The van der Waals surface area contributed by atoms with Crippen LogP contribution in [-0.2, 0) is 4.79 Å². The van der Waals surface area contributed by atoms with Gasteiger partial charge in [-0.15, -0.1) is 0 Å². The van der Waals surface area contributed by atoms with Crippen LogP contribution >= 0.6 is 0 Å². The lowest BCUT2D eigenvalue weighted by atomic mass is 9.93. The zero-order chi connectivity index (χ0) is 16.0. The Morgan fingerprint density at radius 3 is 2.30 bits per heavy atom. The number of rotatable bonds is 4. The van der Waals surface area contributed by atoms with Crippen LogP contribution in [0.2, 0.25) is 0 Å². The molecule has 1 aliphatic rings. The van der Waals surface area contributed by atoms with E-state index in [0.29, 0.717) is 5.56 Å². The summed E-state index contributed by atoms with van der Waals surface area (Å²) in [6.07, 6.45) is -0.113. The molecule has 0 aliphatic heterocycles. The van der Waals surface area contributed by atoms with E-state index in [1.807, 2.05) is 42.5 Å². The fraction of sp³-hybridized carbons (Fsp3) is 0.100. The van der Waals surface area contributed by atoms with Gasteiger partial charge in [0, 0.05) is 17.5 Å². The van der Waals surface area contributed by atoms with E-state index in [-0.39, 0.29) is 18.6 Å². The van der Waals surface area contributed by atoms with Gasteiger partial charge in [-0.05, 0) is 27.5 Å². The van der Waals surface area contributed by atoms with Crippen molar-refractivity contribution in [1.82, 2.24) is 0 Å². The Balaban J connectivity index is 1.96. The van der Waals surface area contributed by atoms with E-state index in [1.54, 1.807) is 0 Å². The molecule has 0 aromatic heterocycles. The summed E-state index contributed by atoms with van der Waals surface area (Å²) in [4.78, 5) is 23.3. The van der Waals surface area contributed by atoms with Crippen LogP contribution in [0.1, 0.15) is 23.2 Å². The molecule has 0 fully saturated rings. The molecule has 0 atom stereocenters. The highest BCUT2D eigenvalue weighted by Gasteiger charge is 2.25. The van der Waals surface area contributed by atoms with E-state index in [2.05, 4.69) is 12.1 Å². The number of carboxylic acids is 1. The number of benzene rings is 3. The predicted octanol–water partition coefficient (Wildman–Crippen LogP) is 4.53. The van der Waals surface area contributed by atoms with Crippen LogP contribution in [-0.4, -0.2) is 16.9 Å². The standard InChI is InChI=1S/C20H14O3/c21-17(10-11-18(22)23)16-9-8-12-4-3-7-14-13-5-1-2-6-15(13)20(16)19(12)14/h1-9H,10-11H2,(H,22,23). The van der Waals surface area contributed by atoms with Gasteiger partial charge in [-0.3, -0.25) is 9.59 Å². The average molecular weight is 302 g/mol. The fourth-order valence-corrected chi connectivity index (χ4v) is 3.41. The highest BCUT2D eigenvalue weighted by Crippen LogP contribution is 2.48. The lowest BCUT2D eigenvalue weighted by molar-refractivity contribution is -0.136. The highest BCUT2D eigenvalue weighted by molar-refractivity contribution is 6.21. The monoisotopic (exact) mass is 302 g/mol. The molecule has 0 bridgehead atoms. The summed E-state index contributed by atoms with van der Waals surface area (Å²) in [6.45, 7) is 0. The molecule has 4 rings (SSSR count). The summed E-state index contributed by atoms with van der Waals surface area (Å²) >= 11 is 0. The quantitative estimate of drug-likeness (QED) is 0.563. The van der Waals surface area contributed by atoms with Crippen molar-refractivity contribution in [1.29, 1.82) is 0 Å². The SMILES string of the molecule is O=C(O)CCC(=O)c1ccc2cccc3c2c1-c1ccccc1-3. The number of carbonyl (C=O) groups is 2. The van der Waals surface area contributed by atoms with Crippen LogP contribution in [0.3, 0.4) is 0 Å². The average Bonchev–Trinajstić information content (AvgIpc) is 2.90. The molecule has 3 aromatic rings. The topological polar surface area (TPSA) is 54.4 Å². The Bertz CT molecular complexity index is 970. The largest absolute Gasteiger partial charge is 0.481 e. The van der Waals surface area contributed by atoms with E-state index >= 15 is 0 Å². The van der Waals surface area contributed by atoms with Crippen molar-refractivity contribution in [3.05, 3.63) is 60.2 Å². The summed E-state index contributed by atoms with van der Waals surface area (Å²) in [5.74, 6) is -1.06. The Labute approximate surface area is 133 Å². The maximum atomic E-state index is 12.5. The van der Waals surface area contributed by atoms with Gasteiger partial charge in [0.05, 0.1) is 6.42 Å². The smallest absolute Gasteiger partial charge is 0.303 e. The normalized spacial score (nSPS) is 11.5. The lowest BCUT2D eigenvalue weighted by Crippen LogP contribution is -2.05. The van der Waals surface area contributed by atoms with E-state index in [0.717, 1.165) is 33.0 Å². The summed E-state index contributed by atoms with van der Waals surface area (Å²) < 4.78 is 0. The number of hydrogen-bond donors (Lipinski definition) is 1. The Morgan fingerprint density at radius 2 is 1.52 bits per heavy atom. The van der Waals surface area contributed by atoms with Crippen LogP contribution in [0.15, 0.2) is 54.6 Å². The molecule has 1 aliphatic carbocycles. The first-order chi connectivity index (χ1) is 11.2. The third-order valence-corrected chi connectivity index (χ3v) is 4.40. The van der Waals surface area contributed by atoms with Gasteiger partial charge in [-0.2, -0.15) is 0 Å². The number of ketones is 1. The molecule has 23 heavy (non-hydrogen) atoms. The summed E-state index contributed by atoms with van der Waals surface area (Å²) in [5.41, 5.74) is 4.89. The lowest BCUT2D eigenvalue weighted by Gasteiger charge is -2.09. The van der Waals surface area contributed by atoms with Crippen molar-refractivity contribution in [3.63, 3.8) is 0 Å². The molecule has 112 valence electrons. The molecular weight excluding hydrogens is 288 g/mol. The second-order valence-corrected chi connectivity index (χ2v) is 5.75. The highest BCUT2D eigenvalue weighted by atomic mass is 16.4. The van der Waals surface area contributed by atoms with Gasteiger partial charge in [0.25, 0.3) is 0 Å². The molecule has 0 heterocycles. The number of carboxylic acid groups (broad SMARTS) is 1. The summed E-state index contributed by atoms with van der Waals surface area (Å²) in [6, 6.07) is 18.0. The van der Waals surface area contributed by atoms with Crippen molar-refractivity contribution in [3.8, 4) is 22.3 Å². The molecular formula is C20H14O3. The van der Waals surface area contributed by atoms with Crippen molar-refractivity contribution < 1.29 is 14.7 Å². The third-order valence-electron chi connectivity index (χ3n) is 4.40. The fourth-order valence-electron chi connectivity index (χ4n) is 3.41. The summed E-state index contributed by atoms with van der Waals surface area (Å²) in [5, 5.41) is 11.0. The molecule has 0 saturated carbocycles. The van der Waals surface area contributed by atoms with Crippen molar-refractivity contribution in [2.45, 2.75) is 12.8 Å². The molecule has 0 saturated heterocycles. The molecule has 0 radical (unpaired) electrons. The molecule has 1 N–H and O–H groups in total. The Kier molecular flexibility index (Phi) is 3.01. The minimum Gasteiger partial charge on any atom is -0.481 e. The van der Waals surface area contributed by atoms with Gasteiger partial charge in [-0.1, -0.05) is 54.6 Å². The molecule has 0 unspecified atom stereocenters. The van der Waals surface area contributed by atoms with Crippen LogP contribution in [0, 0.1) is 0 Å². The van der Waals surface area contributed by atoms with E-state index in [1.165, 1.54) is 0 Å². The van der Waals surface area contributed by atoms with Crippen LogP contribution in [0.4, 0.5) is 0 Å². The first-order valence-corrected chi connectivity index (χ1v) is 7.57. The first kappa shape index (κ1) is 13.7. The maximum Gasteiger partial charge on any atom is 0.303 e. The second kappa shape index (κ2) is 5.06. The minimum atomic E-state index is -0.948. The zero-order valence-electron chi connectivity index (χ0n) is 12.4. The number of Topliss-reactive ketones (excluding diaryl/α,β-unsaturated/α-hetero) is 1. The third kappa shape index (κ3) is 2.05. The summed E-state index contributed by atoms with van der Waals surface area (Å²) in [7, 11) is 0. The van der Waals surface area contributed by atoms with Gasteiger partial charge in [0.2, 0.25) is 0 Å². The van der Waals surface area contributed by atoms with Gasteiger partial charge >= 0.3 is 5.97 Å². The first-order valence-electron chi connectivity index (χ1n) is 7.57. The van der Waals surface area contributed by atoms with Crippen molar-refractivity contribution in [2.24, 2.45) is 0 Å².